The van der Waals surface area contributed by atoms with E-state index in [9.17, 15) is 5.11 Å². The van der Waals surface area contributed by atoms with Crippen LogP contribution in [0.15, 0.2) is 42.5 Å². The van der Waals surface area contributed by atoms with E-state index in [0.29, 0.717) is 19.2 Å². The summed E-state index contributed by atoms with van der Waals surface area (Å²) in [5.41, 5.74) is 0. The number of piperidine rings is 1. The van der Waals surface area contributed by atoms with Crippen LogP contribution in [0.2, 0.25) is 0 Å². The second-order valence-electron chi connectivity index (χ2n) is 6.31. The fourth-order valence-electron chi connectivity index (χ4n) is 3.20. The molecular weight excluding hydrogens is 274 g/mol. The Hall–Kier alpha value is -1.58. The quantitative estimate of drug-likeness (QED) is 0.918. The zero-order valence-electron chi connectivity index (χ0n) is 13.2. The van der Waals surface area contributed by atoms with Crippen LogP contribution in [-0.2, 0) is 0 Å². The highest BCUT2D eigenvalue weighted by atomic mass is 16.5. The summed E-state index contributed by atoms with van der Waals surface area (Å²) >= 11 is 0. The lowest BCUT2D eigenvalue weighted by Crippen LogP contribution is -2.43. The number of nitrogens with zero attached hydrogens (tertiary/aromatic N) is 1. The predicted octanol–water partition coefficient (Wildman–Crippen LogP) is 3.45. The molecule has 3 heteroatoms. The molecule has 1 aliphatic rings. The van der Waals surface area contributed by atoms with Crippen LogP contribution in [0.4, 0.5) is 0 Å². The number of aliphatic hydroxyl groups excluding tert-OH is 1. The lowest BCUT2D eigenvalue weighted by atomic mass is 10.0. The van der Waals surface area contributed by atoms with Crippen molar-refractivity contribution in [2.24, 2.45) is 0 Å². The van der Waals surface area contributed by atoms with Crippen LogP contribution >= 0.6 is 0 Å². The van der Waals surface area contributed by atoms with E-state index < -0.39 is 6.10 Å². The average Bonchev–Trinajstić information content (AvgIpc) is 2.55. The summed E-state index contributed by atoms with van der Waals surface area (Å²) in [5, 5.41) is 12.6. The first-order valence-electron chi connectivity index (χ1n) is 8.26. The first-order valence-corrected chi connectivity index (χ1v) is 8.26. The summed E-state index contributed by atoms with van der Waals surface area (Å²) in [7, 11) is 0. The zero-order chi connectivity index (χ0) is 15.4. The highest BCUT2D eigenvalue weighted by Gasteiger charge is 2.20. The van der Waals surface area contributed by atoms with Gasteiger partial charge >= 0.3 is 0 Å². The minimum Gasteiger partial charge on any atom is -0.491 e. The number of aliphatic hydroxyl groups is 1. The van der Waals surface area contributed by atoms with Crippen molar-refractivity contribution < 1.29 is 9.84 Å². The Bertz CT molecular complexity index is 613. The average molecular weight is 299 g/mol. The largest absolute Gasteiger partial charge is 0.491 e. The number of likely N-dealkylation sites (tertiary alicyclic amines) is 1. The summed E-state index contributed by atoms with van der Waals surface area (Å²) in [6, 6.07) is 14.9. The van der Waals surface area contributed by atoms with Crippen LogP contribution in [0, 0.1) is 0 Å². The summed E-state index contributed by atoms with van der Waals surface area (Å²) in [6.45, 7) is 4.39. The molecule has 0 amide bonds. The normalized spacial score (nSPS) is 20.9. The van der Waals surface area contributed by atoms with Crippen LogP contribution in [0.3, 0.4) is 0 Å². The van der Waals surface area contributed by atoms with E-state index in [0.717, 1.165) is 12.3 Å². The zero-order valence-corrected chi connectivity index (χ0v) is 13.2. The number of hydrogen-bond acceptors (Lipinski definition) is 3. The standard InChI is InChI=1S/C19H25NO2/c1-15-6-4-5-11-20(15)13-18(21)14-22-19-10-9-16-7-2-3-8-17(16)12-19/h2-3,7-10,12,15,18,21H,4-6,11,13-14H2,1H3/t15-,18+/m0/s1. The number of β-amino-alcohol motifs (C(OH)–C–C–N with tert-alkyl or cyclic N) is 1. The van der Waals surface area contributed by atoms with E-state index in [1.54, 1.807) is 0 Å². The summed E-state index contributed by atoms with van der Waals surface area (Å²) < 4.78 is 5.78. The number of benzene rings is 2. The molecule has 2 aromatic rings. The molecule has 0 bridgehead atoms. The minimum atomic E-state index is -0.438. The van der Waals surface area contributed by atoms with Gasteiger partial charge in [0.25, 0.3) is 0 Å². The van der Waals surface area contributed by atoms with Crippen molar-refractivity contribution in [3.8, 4) is 5.75 Å². The minimum absolute atomic E-state index is 0.349. The van der Waals surface area contributed by atoms with Gasteiger partial charge in [-0.2, -0.15) is 0 Å². The molecule has 2 aromatic carbocycles. The van der Waals surface area contributed by atoms with E-state index in [1.165, 1.54) is 30.0 Å². The van der Waals surface area contributed by atoms with E-state index in [2.05, 4.69) is 30.0 Å². The van der Waals surface area contributed by atoms with Crippen molar-refractivity contribution in [3.05, 3.63) is 42.5 Å². The molecule has 3 nitrogen and oxygen atoms in total. The van der Waals surface area contributed by atoms with Gasteiger partial charge in [-0.25, -0.2) is 0 Å². The van der Waals surface area contributed by atoms with Crippen LogP contribution in [-0.4, -0.2) is 41.8 Å². The summed E-state index contributed by atoms with van der Waals surface area (Å²) in [4.78, 5) is 2.37. The molecule has 0 aromatic heterocycles. The van der Waals surface area contributed by atoms with Crippen LogP contribution in [0.25, 0.3) is 10.8 Å². The molecule has 1 N–H and O–H groups in total. The molecule has 0 unspecified atom stereocenters. The fraction of sp³-hybridized carbons (Fsp3) is 0.474. The van der Waals surface area contributed by atoms with Crippen molar-refractivity contribution in [2.45, 2.75) is 38.3 Å². The third-order valence-electron chi connectivity index (χ3n) is 4.55. The molecule has 0 spiro atoms. The monoisotopic (exact) mass is 299 g/mol. The third-order valence-corrected chi connectivity index (χ3v) is 4.55. The predicted molar refractivity (Wildman–Crippen MR) is 90.3 cm³/mol. The van der Waals surface area contributed by atoms with Crippen molar-refractivity contribution >= 4 is 10.8 Å². The highest BCUT2D eigenvalue weighted by Crippen LogP contribution is 2.21. The highest BCUT2D eigenvalue weighted by molar-refractivity contribution is 5.83. The fourth-order valence-corrected chi connectivity index (χ4v) is 3.20. The van der Waals surface area contributed by atoms with Gasteiger partial charge in [-0.3, -0.25) is 4.90 Å². The second-order valence-corrected chi connectivity index (χ2v) is 6.31. The van der Waals surface area contributed by atoms with Gasteiger partial charge in [0.15, 0.2) is 0 Å². The van der Waals surface area contributed by atoms with Gasteiger partial charge in [0.05, 0.1) is 0 Å². The third kappa shape index (κ3) is 3.79. The second kappa shape index (κ2) is 7.12. The molecule has 0 radical (unpaired) electrons. The molecule has 118 valence electrons. The van der Waals surface area contributed by atoms with Gasteiger partial charge in [-0.15, -0.1) is 0 Å². The molecule has 1 heterocycles. The van der Waals surface area contributed by atoms with Crippen molar-refractivity contribution in [3.63, 3.8) is 0 Å². The summed E-state index contributed by atoms with van der Waals surface area (Å²) in [5.74, 6) is 0.824. The first-order chi connectivity index (χ1) is 10.7. The lowest BCUT2D eigenvalue weighted by Gasteiger charge is -2.34. The van der Waals surface area contributed by atoms with Crippen LogP contribution < -0.4 is 4.74 Å². The Labute approximate surface area is 132 Å². The van der Waals surface area contributed by atoms with Gasteiger partial charge in [0, 0.05) is 12.6 Å². The maximum absolute atomic E-state index is 10.2. The molecule has 22 heavy (non-hydrogen) atoms. The Morgan fingerprint density at radius 3 is 2.82 bits per heavy atom. The van der Waals surface area contributed by atoms with Crippen molar-refractivity contribution in [1.82, 2.24) is 4.90 Å². The molecule has 0 aliphatic carbocycles. The topological polar surface area (TPSA) is 32.7 Å². The van der Waals surface area contributed by atoms with E-state index in [4.69, 9.17) is 4.74 Å². The van der Waals surface area contributed by atoms with Crippen LogP contribution in [0.1, 0.15) is 26.2 Å². The maximum Gasteiger partial charge on any atom is 0.120 e. The summed E-state index contributed by atoms with van der Waals surface area (Å²) in [6.07, 6.45) is 3.34. The number of rotatable bonds is 5. The van der Waals surface area contributed by atoms with Crippen molar-refractivity contribution in [1.29, 1.82) is 0 Å². The Balaban J connectivity index is 1.54. The van der Waals surface area contributed by atoms with E-state index in [1.807, 2.05) is 24.3 Å². The molecule has 1 saturated heterocycles. The Morgan fingerprint density at radius 2 is 2.00 bits per heavy atom. The SMILES string of the molecule is C[C@H]1CCCCN1C[C@@H](O)COc1ccc2ccccc2c1. The van der Waals surface area contributed by atoms with E-state index >= 15 is 0 Å². The van der Waals surface area contributed by atoms with Gasteiger partial charge in [0.1, 0.15) is 18.5 Å². The lowest BCUT2D eigenvalue weighted by molar-refractivity contribution is 0.0438. The maximum atomic E-state index is 10.2. The van der Waals surface area contributed by atoms with Crippen LogP contribution in [0.5, 0.6) is 5.75 Å². The number of ether oxygens (including phenoxy) is 1. The molecular formula is C19H25NO2. The Morgan fingerprint density at radius 1 is 1.18 bits per heavy atom. The molecule has 3 rings (SSSR count). The molecule has 1 fully saturated rings. The van der Waals surface area contributed by atoms with Gasteiger partial charge in [-0.05, 0) is 49.2 Å². The molecule has 2 atom stereocenters. The number of fused-ring (bicyclic) bond motifs is 1. The Kier molecular flexibility index (Phi) is 4.96. The first kappa shape index (κ1) is 15.3. The van der Waals surface area contributed by atoms with Gasteiger partial charge in [0.2, 0.25) is 0 Å². The van der Waals surface area contributed by atoms with Gasteiger partial charge < -0.3 is 9.84 Å². The molecule has 0 saturated carbocycles. The van der Waals surface area contributed by atoms with E-state index in [-0.39, 0.29) is 0 Å². The smallest absolute Gasteiger partial charge is 0.120 e. The number of hydrogen-bond donors (Lipinski definition) is 1. The molecule has 1 aliphatic heterocycles. The van der Waals surface area contributed by atoms with Crippen molar-refractivity contribution in [2.75, 3.05) is 19.7 Å². The van der Waals surface area contributed by atoms with Gasteiger partial charge in [-0.1, -0.05) is 36.8 Å².